The van der Waals surface area contributed by atoms with Crippen LogP contribution in [0.1, 0.15) is 254 Å². The number of fused-ring (bicyclic) bond motifs is 7. The van der Waals surface area contributed by atoms with E-state index < -0.39 is 0 Å². The van der Waals surface area contributed by atoms with Crippen molar-refractivity contribution in [3.05, 3.63) is 161 Å². The van der Waals surface area contributed by atoms with Gasteiger partial charge in [-0.2, -0.15) is 0 Å². The topological polar surface area (TPSA) is 47.0 Å². The molecule has 0 spiro atoms. The zero-order chi connectivity index (χ0) is 56.9. The van der Waals surface area contributed by atoms with Crippen LogP contribution < -0.4 is 0 Å². The number of thiophene rings is 1. The maximum absolute atomic E-state index is 12.0. The van der Waals surface area contributed by atoms with Gasteiger partial charge in [-0.25, -0.2) is 11.3 Å². The summed E-state index contributed by atoms with van der Waals surface area (Å²) in [5, 5.41) is 1.17. The van der Waals surface area contributed by atoms with E-state index in [0.717, 1.165) is 23.4 Å². The van der Waals surface area contributed by atoms with Crippen molar-refractivity contribution < 1.29 is 29.7 Å². The summed E-state index contributed by atoms with van der Waals surface area (Å²) >= 11 is 1.73. The zero-order valence-electron chi connectivity index (χ0n) is 51.3. The molecule has 2 aromatic heterocycles. The summed E-state index contributed by atoms with van der Waals surface area (Å²) in [6.45, 7) is 13.1. The predicted octanol–water partition coefficient (Wildman–Crippen LogP) is 23.2. The number of aromatic nitrogens is 1. The molecule has 439 valence electrons. The van der Waals surface area contributed by atoms with E-state index in [4.69, 9.17) is 0 Å². The molecular formula is C77H98IrNO2S-. The van der Waals surface area contributed by atoms with E-state index in [1.807, 2.05) is 30.5 Å². The fraction of sp³-hybridized carbons (Fsp3) is 0.494. The molecule has 0 aliphatic heterocycles. The number of pyridine rings is 1. The van der Waals surface area contributed by atoms with Crippen LogP contribution in [0.4, 0.5) is 0 Å². The number of hydrogen-bond donors (Lipinski definition) is 0. The Hall–Kier alpha value is -4.80. The van der Waals surface area contributed by atoms with Crippen LogP contribution in [-0.4, -0.2) is 16.6 Å². The summed E-state index contributed by atoms with van der Waals surface area (Å²) in [4.78, 5) is 28.7. The van der Waals surface area contributed by atoms with Crippen molar-refractivity contribution in [3.8, 4) is 44.0 Å². The van der Waals surface area contributed by atoms with Crippen LogP contribution in [0.3, 0.4) is 0 Å². The molecule has 1 radical (unpaired) electrons. The van der Waals surface area contributed by atoms with E-state index in [-0.39, 0.29) is 48.9 Å². The van der Waals surface area contributed by atoms with Crippen molar-refractivity contribution in [2.75, 3.05) is 0 Å². The number of benzene rings is 5. The average Bonchev–Trinajstić information content (AvgIpc) is 2.02. The van der Waals surface area contributed by atoms with Gasteiger partial charge >= 0.3 is 0 Å². The van der Waals surface area contributed by atoms with Crippen molar-refractivity contribution in [1.82, 2.24) is 4.98 Å². The quantitative estimate of drug-likeness (QED) is 0.0229. The third-order valence-corrected chi connectivity index (χ3v) is 19.3. The molecule has 1 atom stereocenters. The molecule has 2 heterocycles. The molecule has 0 saturated heterocycles. The number of carbonyl (C=O) groups is 2. The van der Waals surface area contributed by atoms with Gasteiger partial charge in [-0.15, -0.1) is 23.6 Å². The van der Waals surface area contributed by atoms with Crippen LogP contribution in [-0.2, 0) is 40.5 Å². The third kappa shape index (κ3) is 16.8. The summed E-state index contributed by atoms with van der Waals surface area (Å²) in [7, 11) is 0. The number of carbonyl (C=O) groups excluding carboxylic acids is 2. The van der Waals surface area contributed by atoms with Gasteiger partial charge in [0, 0.05) is 49.2 Å². The Bertz CT molecular complexity index is 3050. The number of Topliss-reactive ketones (excluding diaryl/α,β-unsaturated/α-hetero) is 2. The Balaban J connectivity index is 0.000000516. The normalized spacial score (nSPS) is 14.4. The largest absolute Gasteiger partial charge is 0.303 e. The fourth-order valence-corrected chi connectivity index (χ4v) is 14.9. The standard InChI is InChI=1S/C64H90O2.C13H8NS.Ir/c1-7-10-13-16-23-28-41-64(42-29-24-17-14-11-8-2)60-45-50(5)33-37-56(60)58-39-35-53(48-62(58)64)52-34-38-57-55-36-32-49(4)44-59(55)63(61(57)47-52,40-27-15-12-9-3)43-30-25-21-19-18-20-22-26-31-54(66)46-51(6)65;1-2-7-12-10(5-1)9-13(15-12)11-6-3-4-8-14-11;/h32-39,44-45,47-48H,7-31,40-43,46H2,1-6H3;1-8H;/q;-1;. The van der Waals surface area contributed by atoms with Crippen molar-refractivity contribution in [2.45, 2.75) is 245 Å². The van der Waals surface area contributed by atoms with Gasteiger partial charge in [-0.1, -0.05) is 265 Å². The van der Waals surface area contributed by atoms with Gasteiger partial charge in [0.15, 0.2) is 0 Å². The molecule has 2 aliphatic rings. The smallest absolute Gasteiger partial charge is 0.140 e. The number of rotatable bonds is 34. The molecule has 1 unspecified atom stereocenters. The number of aryl methyl sites for hydroxylation is 2. The van der Waals surface area contributed by atoms with Gasteiger partial charge in [0.1, 0.15) is 11.6 Å². The van der Waals surface area contributed by atoms with Gasteiger partial charge in [0.2, 0.25) is 0 Å². The van der Waals surface area contributed by atoms with E-state index in [1.165, 1.54) is 228 Å². The first-order valence-corrected chi connectivity index (χ1v) is 33.3. The molecule has 0 fully saturated rings. The minimum atomic E-state index is -0.0116. The second-order valence-electron chi connectivity index (χ2n) is 24.6. The molecule has 7 aromatic rings. The molecule has 5 aromatic carbocycles. The Labute approximate surface area is 514 Å². The Morgan fingerprint density at radius 1 is 0.463 bits per heavy atom. The number of unbranched alkanes of at least 4 members (excludes halogenated alkanes) is 20. The van der Waals surface area contributed by atoms with Crippen LogP contribution in [0.2, 0.25) is 0 Å². The molecule has 0 saturated carbocycles. The maximum atomic E-state index is 12.0. The number of hydrogen-bond acceptors (Lipinski definition) is 4. The Morgan fingerprint density at radius 3 is 1.30 bits per heavy atom. The summed E-state index contributed by atoms with van der Waals surface area (Å²) in [6.07, 6.45) is 38.2. The van der Waals surface area contributed by atoms with Crippen molar-refractivity contribution in [2.24, 2.45) is 0 Å². The van der Waals surface area contributed by atoms with Crippen LogP contribution in [0.15, 0.2) is 121 Å². The van der Waals surface area contributed by atoms with E-state index in [1.54, 1.807) is 33.6 Å². The fourth-order valence-electron chi connectivity index (χ4n) is 13.9. The van der Waals surface area contributed by atoms with E-state index in [2.05, 4.69) is 137 Å². The zero-order valence-corrected chi connectivity index (χ0v) is 54.5. The average molecular weight is 1290 g/mol. The Morgan fingerprint density at radius 2 is 0.866 bits per heavy atom. The van der Waals surface area contributed by atoms with Gasteiger partial charge in [0.05, 0.1) is 6.42 Å². The van der Waals surface area contributed by atoms with Gasteiger partial charge < -0.3 is 4.98 Å². The summed E-state index contributed by atoms with van der Waals surface area (Å²) < 4.78 is 1.26. The second-order valence-corrected chi connectivity index (χ2v) is 25.7. The number of ketones is 2. The van der Waals surface area contributed by atoms with Gasteiger partial charge in [-0.3, -0.25) is 9.59 Å². The van der Waals surface area contributed by atoms with Crippen molar-refractivity contribution in [1.29, 1.82) is 0 Å². The molecule has 0 N–H and O–H groups in total. The Kier molecular flexibility index (Phi) is 26.1. The monoisotopic (exact) mass is 1290 g/mol. The van der Waals surface area contributed by atoms with Crippen LogP contribution >= 0.6 is 11.3 Å². The molecule has 82 heavy (non-hydrogen) atoms. The molecule has 5 heteroatoms. The van der Waals surface area contributed by atoms with E-state index in [9.17, 15) is 9.59 Å². The van der Waals surface area contributed by atoms with Crippen molar-refractivity contribution in [3.63, 3.8) is 0 Å². The summed E-state index contributed by atoms with van der Waals surface area (Å²) in [5.74, 6) is 0.0963. The molecule has 3 nitrogen and oxygen atoms in total. The van der Waals surface area contributed by atoms with Crippen molar-refractivity contribution >= 4 is 33.0 Å². The summed E-state index contributed by atoms with van der Waals surface area (Å²) in [6, 6.07) is 47.6. The first-order chi connectivity index (χ1) is 39.6. The van der Waals surface area contributed by atoms with E-state index in [0.29, 0.717) is 6.42 Å². The SMILES string of the molecule is CCCCCCCCC1(CCCCCCCC)c2cc(C)ccc2-c2ccc(-c3ccc4c(c3)C(CCCCCC)(CCCCCCCCCCC(=O)CC(C)=O)c3cc(C)ccc3-4)cc21.[Ir].[c-]1c(-c2ccccn2)sc2ccccc12. The molecular weight excluding hydrogens is 1200 g/mol. The van der Waals surface area contributed by atoms with Crippen LogP contribution in [0.5, 0.6) is 0 Å². The van der Waals surface area contributed by atoms with Gasteiger partial charge in [0.25, 0.3) is 0 Å². The molecule has 0 amide bonds. The second kappa shape index (κ2) is 33.0. The van der Waals surface area contributed by atoms with Crippen LogP contribution in [0.25, 0.3) is 54.0 Å². The predicted molar refractivity (Wildman–Crippen MR) is 349 cm³/mol. The third-order valence-electron chi connectivity index (χ3n) is 18.2. The molecule has 2 aliphatic carbocycles. The van der Waals surface area contributed by atoms with E-state index >= 15 is 0 Å². The molecule has 9 rings (SSSR count). The van der Waals surface area contributed by atoms with Crippen LogP contribution in [0, 0.1) is 19.9 Å². The van der Waals surface area contributed by atoms with Gasteiger partial charge in [-0.05, 0) is 136 Å². The summed E-state index contributed by atoms with van der Waals surface area (Å²) in [5.41, 5.74) is 19.0. The first-order valence-electron chi connectivity index (χ1n) is 32.5. The minimum absolute atomic E-state index is 0. The first kappa shape index (κ1) is 64.8. The number of nitrogens with zero attached hydrogens (tertiary/aromatic N) is 1. The minimum Gasteiger partial charge on any atom is -0.303 e. The molecule has 0 bridgehead atoms. The maximum Gasteiger partial charge on any atom is 0.140 e.